The van der Waals surface area contributed by atoms with Gasteiger partial charge in [-0.25, -0.2) is 9.98 Å². The molecule has 3 heterocycles. The number of anilines is 1. The van der Waals surface area contributed by atoms with Gasteiger partial charge in [0.1, 0.15) is 5.69 Å². The topological polar surface area (TPSA) is 77.9 Å². The fraction of sp³-hybridized carbons (Fsp3) is 0.417. The summed E-state index contributed by atoms with van der Waals surface area (Å²) in [6, 6.07) is 8.09. The lowest BCUT2D eigenvalue weighted by Gasteiger charge is -2.36. The molecule has 1 amide bonds. The summed E-state index contributed by atoms with van der Waals surface area (Å²) in [5.74, 6) is -0.0220. The molecule has 7 heteroatoms. The fourth-order valence-electron chi connectivity index (χ4n) is 4.33. The van der Waals surface area contributed by atoms with Crippen molar-refractivity contribution in [2.75, 3.05) is 38.1 Å². The lowest BCUT2D eigenvalue weighted by atomic mass is 9.94. The summed E-state index contributed by atoms with van der Waals surface area (Å²) in [5.41, 5.74) is 6.59. The predicted octanol–water partition coefficient (Wildman–Crippen LogP) is 2.68. The van der Waals surface area contributed by atoms with Gasteiger partial charge in [-0.3, -0.25) is 14.5 Å². The van der Waals surface area contributed by atoms with Gasteiger partial charge in [-0.2, -0.15) is 0 Å². The van der Waals surface area contributed by atoms with Crippen LogP contribution >= 0.6 is 0 Å². The summed E-state index contributed by atoms with van der Waals surface area (Å²) in [4.78, 5) is 37.6. The molecular weight excluding hydrogens is 390 g/mol. The third-order valence-corrected chi connectivity index (χ3v) is 6.04. The zero-order valence-electron chi connectivity index (χ0n) is 18.4. The van der Waals surface area contributed by atoms with Gasteiger partial charge >= 0.3 is 0 Å². The van der Waals surface area contributed by atoms with Crippen LogP contribution in [0.1, 0.15) is 40.5 Å². The largest absolute Gasteiger partial charge is 0.368 e. The highest BCUT2D eigenvalue weighted by molar-refractivity contribution is 6.41. The Morgan fingerprint density at radius 3 is 2.58 bits per heavy atom. The molecule has 0 aliphatic carbocycles. The number of hydrogen-bond donors (Lipinski definition) is 1. The van der Waals surface area contributed by atoms with Crippen LogP contribution in [-0.2, 0) is 17.8 Å². The number of carbonyl (C=O) groups excluding carboxylic acids is 2. The number of amides is 1. The Bertz CT molecular complexity index is 1020. The number of fused-ring (bicyclic) bond motifs is 1. The second kappa shape index (κ2) is 8.98. The summed E-state index contributed by atoms with van der Waals surface area (Å²) in [5, 5.41) is 2.59. The smallest absolute Gasteiger partial charge is 0.269 e. The predicted molar refractivity (Wildman–Crippen MR) is 122 cm³/mol. The van der Waals surface area contributed by atoms with E-state index < -0.39 is 0 Å². The quantitative estimate of drug-likeness (QED) is 0.806. The Balaban J connectivity index is 1.39. The Kier molecular flexibility index (Phi) is 6.13. The summed E-state index contributed by atoms with van der Waals surface area (Å²) in [7, 11) is 1.61. The summed E-state index contributed by atoms with van der Waals surface area (Å²) >= 11 is 0. The molecule has 1 N–H and O–H groups in total. The molecule has 1 aromatic heterocycles. The van der Waals surface area contributed by atoms with E-state index >= 15 is 0 Å². The first-order valence-corrected chi connectivity index (χ1v) is 10.9. The van der Waals surface area contributed by atoms with Crippen molar-refractivity contribution in [1.29, 1.82) is 0 Å². The fourth-order valence-corrected chi connectivity index (χ4v) is 4.33. The molecule has 0 spiro atoms. The van der Waals surface area contributed by atoms with E-state index in [4.69, 9.17) is 0 Å². The maximum absolute atomic E-state index is 12.3. The maximum Gasteiger partial charge on any atom is 0.269 e. The van der Waals surface area contributed by atoms with E-state index in [1.165, 1.54) is 5.56 Å². The molecule has 31 heavy (non-hydrogen) atoms. The molecule has 1 fully saturated rings. The van der Waals surface area contributed by atoms with Crippen molar-refractivity contribution in [3.8, 4) is 0 Å². The van der Waals surface area contributed by atoms with E-state index in [1.807, 2.05) is 13.0 Å². The first kappa shape index (κ1) is 21.2. The number of aliphatic imine (C=N–C) groups is 1. The average molecular weight is 420 g/mol. The van der Waals surface area contributed by atoms with Crippen LogP contribution in [-0.4, -0.2) is 60.5 Å². The Morgan fingerprint density at radius 1 is 1.16 bits per heavy atom. The van der Waals surface area contributed by atoms with E-state index in [0.717, 1.165) is 55.2 Å². The minimum Gasteiger partial charge on any atom is -0.368 e. The number of pyridine rings is 1. The third-order valence-electron chi connectivity index (χ3n) is 6.04. The second-order valence-corrected chi connectivity index (χ2v) is 8.18. The van der Waals surface area contributed by atoms with Crippen LogP contribution in [0.2, 0.25) is 0 Å². The maximum atomic E-state index is 12.3. The van der Waals surface area contributed by atoms with Crippen LogP contribution in [0.3, 0.4) is 0 Å². The minimum absolute atomic E-state index is 0.149. The van der Waals surface area contributed by atoms with Crippen molar-refractivity contribution < 1.29 is 9.59 Å². The summed E-state index contributed by atoms with van der Waals surface area (Å²) < 4.78 is 0. The van der Waals surface area contributed by atoms with Crippen molar-refractivity contribution in [2.24, 2.45) is 4.99 Å². The number of aromatic nitrogens is 1. The number of Topliss-reactive ketones (excluding diaryl/α,β-unsaturated/α-hetero) is 1. The van der Waals surface area contributed by atoms with Gasteiger partial charge in [0, 0.05) is 46.2 Å². The van der Waals surface area contributed by atoms with Crippen LogP contribution in [0, 0.1) is 6.92 Å². The molecule has 1 saturated heterocycles. The molecule has 7 nitrogen and oxygen atoms in total. The van der Waals surface area contributed by atoms with Gasteiger partial charge in [-0.15, -0.1) is 0 Å². The highest BCUT2D eigenvalue weighted by atomic mass is 16.1. The molecule has 4 rings (SSSR count). The molecule has 2 aliphatic heterocycles. The normalized spacial score (nSPS) is 16.7. The van der Waals surface area contributed by atoms with E-state index in [1.54, 1.807) is 19.3 Å². The lowest BCUT2D eigenvalue weighted by Crippen LogP contribution is -2.46. The standard InChI is InChI=1S/C24H29N5O2/c1-4-20-22(30)13-18-12-17(11-16(2)23(18)27-20)15-28-7-9-29(10-8-28)19-5-6-21(26-14-19)24(31)25-3/h5-6,11-12,14H,4,7-10,13,15H2,1-3H3,(H,25,31). The molecule has 0 unspecified atom stereocenters. The average Bonchev–Trinajstić information content (AvgIpc) is 2.79. The van der Waals surface area contributed by atoms with Crippen molar-refractivity contribution in [3.63, 3.8) is 0 Å². The Hall–Kier alpha value is -3.06. The van der Waals surface area contributed by atoms with Crippen LogP contribution < -0.4 is 10.2 Å². The van der Waals surface area contributed by atoms with Crippen molar-refractivity contribution in [2.45, 2.75) is 33.2 Å². The number of carbonyl (C=O) groups is 2. The number of benzene rings is 1. The van der Waals surface area contributed by atoms with Crippen LogP contribution in [0.5, 0.6) is 0 Å². The van der Waals surface area contributed by atoms with Gasteiger partial charge in [0.25, 0.3) is 5.91 Å². The van der Waals surface area contributed by atoms with Gasteiger partial charge in [0.2, 0.25) is 0 Å². The molecular formula is C24H29N5O2. The van der Waals surface area contributed by atoms with Gasteiger partial charge < -0.3 is 10.2 Å². The van der Waals surface area contributed by atoms with Crippen LogP contribution in [0.4, 0.5) is 11.4 Å². The lowest BCUT2D eigenvalue weighted by molar-refractivity contribution is -0.112. The SMILES string of the molecule is CCC1=Nc2c(C)cc(CN3CCN(c4ccc(C(=O)NC)nc4)CC3)cc2CC1=O. The van der Waals surface area contributed by atoms with E-state index in [2.05, 4.69) is 44.1 Å². The first-order chi connectivity index (χ1) is 15.0. The molecule has 0 atom stereocenters. The van der Waals surface area contributed by atoms with Crippen molar-refractivity contribution in [1.82, 2.24) is 15.2 Å². The van der Waals surface area contributed by atoms with Crippen molar-refractivity contribution in [3.05, 3.63) is 52.8 Å². The highest BCUT2D eigenvalue weighted by Crippen LogP contribution is 2.31. The minimum atomic E-state index is -0.171. The Labute approximate surface area is 183 Å². The number of nitrogens with zero attached hydrogens (tertiary/aromatic N) is 4. The number of aryl methyl sites for hydroxylation is 1. The summed E-state index contributed by atoms with van der Waals surface area (Å²) in [6.45, 7) is 8.66. The van der Waals surface area contributed by atoms with Gasteiger partial charge in [-0.05, 0) is 42.2 Å². The zero-order valence-corrected chi connectivity index (χ0v) is 18.4. The van der Waals surface area contributed by atoms with Crippen molar-refractivity contribution >= 4 is 28.8 Å². The number of nitrogens with one attached hydrogen (secondary N) is 1. The molecule has 2 aromatic rings. The van der Waals surface area contributed by atoms with E-state index in [-0.39, 0.29) is 11.7 Å². The number of hydrogen-bond acceptors (Lipinski definition) is 6. The van der Waals surface area contributed by atoms with E-state index in [9.17, 15) is 9.59 Å². The third kappa shape index (κ3) is 4.51. The second-order valence-electron chi connectivity index (χ2n) is 8.18. The van der Waals surface area contributed by atoms with Gasteiger partial charge in [0.15, 0.2) is 5.78 Å². The van der Waals surface area contributed by atoms with Gasteiger partial charge in [0.05, 0.1) is 23.3 Å². The summed E-state index contributed by atoms with van der Waals surface area (Å²) in [6.07, 6.45) is 2.92. The number of piperazine rings is 1. The zero-order chi connectivity index (χ0) is 22.0. The van der Waals surface area contributed by atoms with Gasteiger partial charge in [-0.1, -0.05) is 19.1 Å². The number of rotatable bonds is 5. The monoisotopic (exact) mass is 419 g/mol. The highest BCUT2D eigenvalue weighted by Gasteiger charge is 2.22. The Morgan fingerprint density at radius 2 is 1.94 bits per heavy atom. The van der Waals surface area contributed by atoms with Crippen LogP contribution in [0.25, 0.3) is 0 Å². The molecule has 0 radical (unpaired) electrons. The van der Waals surface area contributed by atoms with E-state index in [0.29, 0.717) is 24.2 Å². The number of ketones is 1. The first-order valence-electron chi connectivity index (χ1n) is 10.9. The molecule has 1 aromatic carbocycles. The molecule has 0 saturated carbocycles. The molecule has 2 aliphatic rings. The van der Waals surface area contributed by atoms with Crippen LogP contribution in [0.15, 0.2) is 35.5 Å². The molecule has 0 bridgehead atoms. The molecule has 162 valence electrons.